The third-order valence-corrected chi connectivity index (χ3v) is 1.76. The molecule has 0 aliphatic carbocycles. The van der Waals surface area contributed by atoms with Crippen molar-refractivity contribution in [1.29, 1.82) is 0 Å². The maximum atomic E-state index is 4.21. The van der Waals surface area contributed by atoms with Crippen LogP contribution in [0.2, 0.25) is 0 Å². The molecule has 1 aromatic heterocycles. The molecule has 0 aliphatic heterocycles. The zero-order valence-electron chi connectivity index (χ0n) is 7.52. The molecular weight excluding hydrogens is 136 g/mol. The molecule has 0 fully saturated rings. The molecule has 0 aromatic carbocycles. The van der Waals surface area contributed by atoms with E-state index in [4.69, 9.17) is 0 Å². The van der Waals surface area contributed by atoms with Gasteiger partial charge in [0.15, 0.2) is 0 Å². The predicted octanol–water partition coefficient (Wildman–Crippen LogP) is 2.49. The Morgan fingerprint density at radius 2 is 2.27 bits per heavy atom. The van der Waals surface area contributed by atoms with Crippen LogP contribution in [0.5, 0.6) is 0 Å². The minimum Gasteiger partial charge on any atom is -0.282 e. The molecule has 0 aliphatic rings. The van der Waals surface area contributed by atoms with E-state index >= 15 is 0 Å². The number of H-pyrrole nitrogens is 1. The van der Waals surface area contributed by atoms with Crippen molar-refractivity contribution in [3.8, 4) is 0 Å². The molecule has 1 rings (SSSR count). The van der Waals surface area contributed by atoms with E-state index in [0.717, 1.165) is 6.42 Å². The minimum atomic E-state index is 0.539. The number of hydrogen-bond acceptors (Lipinski definition) is 1. The van der Waals surface area contributed by atoms with Gasteiger partial charge in [-0.2, -0.15) is 5.10 Å². The van der Waals surface area contributed by atoms with Crippen molar-refractivity contribution in [2.24, 2.45) is 0 Å². The molecular formula is C9H16N2. The first-order chi connectivity index (χ1) is 5.24. The molecule has 0 amide bonds. The Bertz CT molecular complexity index is 213. The van der Waals surface area contributed by atoms with Gasteiger partial charge in [-0.3, -0.25) is 5.10 Å². The molecule has 0 spiro atoms. The van der Waals surface area contributed by atoms with E-state index in [-0.39, 0.29) is 0 Å². The highest BCUT2D eigenvalue weighted by Gasteiger charge is 2.03. The van der Waals surface area contributed by atoms with Crippen molar-refractivity contribution in [2.45, 2.75) is 39.5 Å². The van der Waals surface area contributed by atoms with Crippen LogP contribution >= 0.6 is 0 Å². The summed E-state index contributed by atoms with van der Waals surface area (Å²) in [6, 6.07) is 2.16. The molecule has 1 N–H and O–H groups in total. The Morgan fingerprint density at radius 3 is 2.73 bits per heavy atom. The largest absolute Gasteiger partial charge is 0.282 e. The van der Waals surface area contributed by atoms with Gasteiger partial charge in [-0.15, -0.1) is 0 Å². The van der Waals surface area contributed by atoms with Crippen molar-refractivity contribution in [2.75, 3.05) is 0 Å². The summed E-state index contributed by atoms with van der Waals surface area (Å²) in [6.45, 7) is 6.49. The second-order valence-electron chi connectivity index (χ2n) is 3.22. The average Bonchev–Trinajstić information content (AvgIpc) is 2.37. The van der Waals surface area contributed by atoms with Crippen LogP contribution in [0.1, 0.15) is 44.5 Å². The number of hydrogen-bond donors (Lipinski definition) is 1. The van der Waals surface area contributed by atoms with Gasteiger partial charge in [-0.25, -0.2) is 0 Å². The molecule has 2 nitrogen and oxygen atoms in total. The SMILES string of the molecule is CCCc1cc(C(C)C)n[nH]1. The van der Waals surface area contributed by atoms with Gasteiger partial charge in [0.05, 0.1) is 5.69 Å². The third-order valence-electron chi connectivity index (χ3n) is 1.76. The van der Waals surface area contributed by atoms with Crippen LogP contribution < -0.4 is 0 Å². The molecule has 0 saturated heterocycles. The summed E-state index contributed by atoms with van der Waals surface area (Å²) in [5.74, 6) is 0.539. The van der Waals surface area contributed by atoms with Gasteiger partial charge in [0.1, 0.15) is 0 Å². The van der Waals surface area contributed by atoms with Crippen molar-refractivity contribution < 1.29 is 0 Å². The molecule has 0 radical (unpaired) electrons. The van der Waals surface area contributed by atoms with Gasteiger partial charge < -0.3 is 0 Å². The number of aromatic nitrogens is 2. The Hall–Kier alpha value is -0.790. The quantitative estimate of drug-likeness (QED) is 0.708. The van der Waals surface area contributed by atoms with Crippen LogP contribution in [0.25, 0.3) is 0 Å². The first kappa shape index (κ1) is 8.31. The zero-order chi connectivity index (χ0) is 8.27. The van der Waals surface area contributed by atoms with Crippen molar-refractivity contribution in [3.05, 3.63) is 17.5 Å². The fourth-order valence-corrected chi connectivity index (χ4v) is 1.07. The van der Waals surface area contributed by atoms with Gasteiger partial charge in [-0.05, 0) is 18.4 Å². The maximum absolute atomic E-state index is 4.21. The fraction of sp³-hybridized carbons (Fsp3) is 0.667. The summed E-state index contributed by atoms with van der Waals surface area (Å²) in [4.78, 5) is 0. The van der Waals surface area contributed by atoms with Crippen LogP contribution in [0, 0.1) is 0 Å². The van der Waals surface area contributed by atoms with E-state index in [0.29, 0.717) is 5.92 Å². The van der Waals surface area contributed by atoms with E-state index in [2.05, 4.69) is 37.0 Å². The topological polar surface area (TPSA) is 28.7 Å². The van der Waals surface area contributed by atoms with Crippen LogP contribution in [0.4, 0.5) is 0 Å². The highest BCUT2D eigenvalue weighted by molar-refractivity contribution is 5.11. The van der Waals surface area contributed by atoms with Gasteiger partial charge in [0.25, 0.3) is 0 Å². The summed E-state index contributed by atoms with van der Waals surface area (Å²) in [5, 5.41) is 7.25. The highest BCUT2D eigenvalue weighted by Crippen LogP contribution is 2.12. The summed E-state index contributed by atoms with van der Waals surface area (Å²) in [5.41, 5.74) is 2.43. The minimum absolute atomic E-state index is 0.539. The molecule has 0 unspecified atom stereocenters. The van der Waals surface area contributed by atoms with Crippen LogP contribution in [-0.4, -0.2) is 10.2 Å². The summed E-state index contributed by atoms with van der Waals surface area (Å²) < 4.78 is 0. The predicted molar refractivity (Wildman–Crippen MR) is 46.7 cm³/mol. The normalized spacial score (nSPS) is 10.9. The summed E-state index contributed by atoms with van der Waals surface area (Å²) in [7, 11) is 0. The number of nitrogens with one attached hydrogen (secondary N) is 1. The third kappa shape index (κ3) is 2.07. The Labute approximate surface area is 68.0 Å². The zero-order valence-corrected chi connectivity index (χ0v) is 7.52. The van der Waals surface area contributed by atoms with E-state index in [1.807, 2.05) is 0 Å². The molecule has 11 heavy (non-hydrogen) atoms. The Kier molecular flexibility index (Phi) is 2.69. The fourth-order valence-electron chi connectivity index (χ4n) is 1.07. The Balaban J connectivity index is 2.66. The molecule has 1 heterocycles. The van der Waals surface area contributed by atoms with E-state index in [9.17, 15) is 0 Å². The molecule has 0 bridgehead atoms. The number of rotatable bonds is 3. The lowest BCUT2D eigenvalue weighted by Gasteiger charge is -1.94. The first-order valence-corrected chi connectivity index (χ1v) is 4.28. The van der Waals surface area contributed by atoms with Crippen LogP contribution in [0.3, 0.4) is 0 Å². The van der Waals surface area contributed by atoms with E-state index in [1.54, 1.807) is 0 Å². The summed E-state index contributed by atoms with van der Waals surface area (Å²) >= 11 is 0. The lowest BCUT2D eigenvalue weighted by molar-refractivity contribution is 0.805. The van der Waals surface area contributed by atoms with E-state index in [1.165, 1.54) is 17.8 Å². The number of aryl methyl sites for hydroxylation is 1. The average molecular weight is 152 g/mol. The van der Waals surface area contributed by atoms with Gasteiger partial charge in [-0.1, -0.05) is 27.2 Å². The van der Waals surface area contributed by atoms with Gasteiger partial charge in [0.2, 0.25) is 0 Å². The van der Waals surface area contributed by atoms with Gasteiger partial charge in [0, 0.05) is 5.69 Å². The molecule has 0 saturated carbocycles. The van der Waals surface area contributed by atoms with Crippen LogP contribution in [0.15, 0.2) is 6.07 Å². The van der Waals surface area contributed by atoms with Crippen molar-refractivity contribution >= 4 is 0 Å². The first-order valence-electron chi connectivity index (χ1n) is 4.28. The smallest absolute Gasteiger partial charge is 0.0650 e. The summed E-state index contributed by atoms with van der Waals surface area (Å²) in [6.07, 6.45) is 2.29. The lowest BCUT2D eigenvalue weighted by atomic mass is 10.1. The molecule has 1 aromatic rings. The molecule has 0 atom stereocenters. The lowest BCUT2D eigenvalue weighted by Crippen LogP contribution is -1.85. The van der Waals surface area contributed by atoms with E-state index < -0.39 is 0 Å². The monoisotopic (exact) mass is 152 g/mol. The second kappa shape index (κ2) is 3.56. The molecule has 2 heteroatoms. The maximum Gasteiger partial charge on any atom is 0.0650 e. The number of nitrogens with zero attached hydrogens (tertiary/aromatic N) is 1. The number of aromatic amines is 1. The van der Waals surface area contributed by atoms with Crippen molar-refractivity contribution in [3.63, 3.8) is 0 Å². The second-order valence-corrected chi connectivity index (χ2v) is 3.22. The highest BCUT2D eigenvalue weighted by atomic mass is 15.1. The Morgan fingerprint density at radius 1 is 1.55 bits per heavy atom. The van der Waals surface area contributed by atoms with Crippen LogP contribution in [-0.2, 0) is 6.42 Å². The van der Waals surface area contributed by atoms with Crippen molar-refractivity contribution in [1.82, 2.24) is 10.2 Å². The van der Waals surface area contributed by atoms with Gasteiger partial charge >= 0.3 is 0 Å². The molecule has 62 valence electrons. The standard InChI is InChI=1S/C9H16N2/c1-4-5-8-6-9(7(2)3)11-10-8/h6-7H,4-5H2,1-3H3,(H,10,11).